The Bertz CT molecular complexity index is 1190. The largest absolute Gasteiger partial charge is 0.443 e. The highest BCUT2D eigenvalue weighted by Crippen LogP contribution is 2.43. The molecule has 180 valence electrons. The van der Waals surface area contributed by atoms with Gasteiger partial charge in [0.2, 0.25) is 10.9 Å². The van der Waals surface area contributed by atoms with Crippen molar-refractivity contribution < 1.29 is 18.0 Å². The van der Waals surface area contributed by atoms with Gasteiger partial charge in [0.25, 0.3) is 0 Å². The maximum Gasteiger partial charge on any atom is 0.443 e. The number of carbonyl (C=O) groups is 1. The second-order valence-electron chi connectivity index (χ2n) is 8.65. The van der Waals surface area contributed by atoms with Gasteiger partial charge in [-0.3, -0.25) is 4.79 Å². The Morgan fingerprint density at radius 2 is 1.91 bits per heavy atom. The van der Waals surface area contributed by atoms with E-state index in [9.17, 15) is 18.0 Å². The molecule has 9 nitrogen and oxygen atoms in total. The number of hydrogen-bond acceptors (Lipinski definition) is 8. The van der Waals surface area contributed by atoms with Crippen molar-refractivity contribution in [1.82, 2.24) is 34.6 Å². The van der Waals surface area contributed by atoms with Gasteiger partial charge in [0.15, 0.2) is 0 Å². The summed E-state index contributed by atoms with van der Waals surface area (Å²) in [6, 6.07) is -0.205. The maximum absolute atomic E-state index is 13.5. The molecule has 34 heavy (non-hydrogen) atoms. The Morgan fingerprint density at radius 3 is 2.50 bits per heavy atom. The highest BCUT2D eigenvalue weighted by atomic mass is 32.1. The summed E-state index contributed by atoms with van der Waals surface area (Å²) in [6.07, 6.45) is 2.15. The van der Waals surface area contributed by atoms with E-state index in [-0.39, 0.29) is 24.2 Å². The number of anilines is 1. The van der Waals surface area contributed by atoms with Gasteiger partial charge in [-0.1, -0.05) is 11.3 Å². The number of rotatable bonds is 5. The van der Waals surface area contributed by atoms with Crippen LogP contribution in [0, 0.1) is 6.92 Å². The second-order valence-corrected chi connectivity index (χ2v) is 9.62. The average molecular weight is 493 g/mol. The number of carbonyl (C=O) groups excluding carboxylic acids is 1. The molecule has 0 N–H and O–H groups in total. The predicted octanol–water partition coefficient (Wildman–Crippen LogP) is 3.13. The molecule has 0 spiro atoms. The molecule has 3 aromatic rings. The minimum Gasteiger partial charge on any atom is -0.358 e. The van der Waals surface area contributed by atoms with Crippen LogP contribution < -0.4 is 4.90 Å². The Labute approximate surface area is 197 Å². The van der Waals surface area contributed by atoms with E-state index in [0.29, 0.717) is 53.3 Å². The molecular formula is C21H23F3N8OS. The van der Waals surface area contributed by atoms with E-state index in [1.807, 2.05) is 11.8 Å². The fraction of sp³-hybridized carbons (Fsp3) is 0.524. The molecule has 4 heterocycles. The number of piperazine rings is 1. The molecule has 1 aliphatic heterocycles. The van der Waals surface area contributed by atoms with Crippen LogP contribution in [0.3, 0.4) is 0 Å². The molecule has 5 rings (SSSR count). The summed E-state index contributed by atoms with van der Waals surface area (Å²) in [5.74, 6) is 1.54. The van der Waals surface area contributed by atoms with Crippen molar-refractivity contribution in [2.45, 2.75) is 51.4 Å². The number of hydrogen-bond donors (Lipinski definition) is 0. The first-order chi connectivity index (χ1) is 16.2. The second kappa shape index (κ2) is 8.60. The number of aromatic nitrogens is 6. The van der Waals surface area contributed by atoms with Crippen molar-refractivity contribution in [3.63, 3.8) is 0 Å². The molecule has 0 aromatic carbocycles. The van der Waals surface area contributed by atoms with Gasteiger partial charge in [-0.2, -0.15) is 18.3 Å². The summed E-state index contributed by atoms with van der Waals surface area (Å²) < 4.78 is 42.1. The highest BCUT2D eigenvalue weighted by molar-refractivity contribution is 7.16. The number of alkyl halides is 3. The Morgan fingerprint density at radius 1 is 1.18 bits per heavy atom. The van der Waals surface area contributed by atoms with Gasteiger partial charge < -0.3 is 9.80 Å². The lowest BCUT2D eigenvalue weighted by Gasteiger charge is -2.40. The normalized spacial score (nSPS) is 19.0. The number of aryl methyl sites for hydroxylation is 1. The third-order valence-electron chi connectivity index (χ3n) is 5.92. The van der Waals surface area contributed by atoms with Crippen molar-refractivity contribution in [3.8, 4) is 11.3 Å². The van der Waals surface area contributed by atoms with Crippen molar-refractivity contribution in [2.75, 3.05) is 24.5 Å². The van der Waals surface area contributed by atoms with Gasteiger partial charge in [0.05, 0.1) is 0 Å². The van der Waals surface area contributed by atoms with Crippen LogP contribution in [-0.2, 0) is 17.5 Å². The van der Waals surface area contributed by atoms with Gasteiger partial charge in [0.1, 0.15) is 35.2 Å². The zero-order valence-electron chi connectivity index (χ0n) is 18.7. The van der Waals surface area contributed by atoms with Crippen LogP contribution in [0.25, 0.3) is 11.3 Å². The molecule has 2 aliphatic rings. The third-order valence-corrected chi connectivity index (χ3v) is 7.08. The summed E-state index contributed by atoms with van der Waals surface area (Å²) in [7, 11) is 0. The number of nitrogens with zero attached hydrogens (tertiary/aromatic N) is 8. The first-order valence-electron chi connectivity index (χ1n) is 11.0. The topological polar surface area (TPSA) is 92.9 Å². The van der Waals surface area contributed by atoms with Crippen molar-refractivity contribution in [3.05, 3.63) is 35.4 Å². The van der Waals surface area contributed by atoms with Crippen LogP contribution in [-0.4, -0.2) is 66.2 Å². The molecule has 1 saturated heterocycles. The lowest BCUT2D eigenvalue weighted by molar-refractivity contribution is -0.137. The molecule has 13 heteroatoms. The standard InChI is InChI=1S/C21H23F3N8OS/c1-12-9-30(5-6-32(12)16(33)10-31-11-27-13(2)29-31)19-17(28-20(34-19)21(22,23)24)15-7-25-18(26-8-15)14-3-4-14/h7-8,11-12,14H,3-6,9-10H2,1-2H3. The zero-order chi connectivity index (χ0) is 24.0. The molecule has 1 aliphatic carbocycles. The molecule has 1 amide bonds. The number of amides is 1. The first kappa shape index (κ1) is 22.7. The van der Waals surface area contributed by atoms with Crippen LogP contribution in [0.5, 0.6) is 0 Å². The number of halogens is 3. The van der Waals surface area contributed by atoms with Crippen LogP contribution >= 0.6 is 11.3 Å². The molecule has 0 radical (unpaired) electrons. The fourth-order valence-corrected chi connectivity index (χ4v) is 5.05. The predicted molar refractivity (Wildman–Crippen MR) is 118 cm³/mol. The van der Waals surface area contributed by atoms with Crippen LogP contribution in [0.15, 0.2) is 18.7 Å². The van der Waals surface area contributed by atoms with Crippen molar-refractivity contribution in [2.24, 2.45) is 0 Å². The Hall–Kier alpha value is -3.09. The van der Waals surface area contributed by atoms with Gasteiger partial charge in [-0.15, -0.1) is 0 Å². The molecule has 2 fully saturated rings. The summed E-state index contributed by atoms with van der Waals surface area (Å²) in [6.45, 7) is 4.85. The van der Waals surface area contributed by atoms with E-state index in [1.54, 1.807) is 24.2 Å². The monoisotopic (exact) mass is 492 g/mol. The van der Waals surface area contributed by atoms with E-state index in [2.05, 4.69) is 25.0 Å². The quantitative estimate of drug-likeness (QED) is 0.540. The SMILES string of the molecule is Cc1ncn(CC(=O)N2CCN(c3sc(C(F)(F)F)nc3-c3cnc(C4CC4)nc3)CC2C)n1. The highest BCUT2D eigenvalue weighted by Gasteiger charge is 2.38. The lowest BCUT2D eigenvalue weighted by atomic mass is 10.1. The van der Waals surface area contributed by atoms with E-state index in [1.165, 1.54) is 11.0 Å². The van der Waals surface area contributed by atoms with Gasteiger partial charge in [0, 0.05) is 49.6 Å². The van der Waals surface area contributed by atoms with Crippen molar-refractivity contribution in [1.29, 1.82) is 0 Å². The Balaban J connectivity index is 1.36. The number of thiazole rings is 1. The molecule has 3 aromatic heterocycles. The average Bonchev–Trinajstić information content (AvgIpc) is 3.40. The van der Waals surface area contributed by atoms with Crippen LogP contribution in [0.4, 0.5) is 18.2 Å². The van der Waals surface area contributed by atoms with Gasteiger partial charge in [-0.05, 0) is 26.7 Å². The minimum atomic E-state index is -4.55. The zero-order valence-corrected chi connectivity index (χ0v) is 19.5. The van der Waals surface area contributed by atoms with E-state index >= 15 is 0 Å². The van der Waals surface area contributed by atoms with Crippen molar-refractivity contribution >= 4 is 22.2 Å². The lowest BCUT2D eigenvalue weighted by Crippen LogP contribution is -2.54. The Kier molecular flexibility index (Phi) is 5.74. The summed E-state index contributed by atoms with van der Waals surface area (Å²) >= 11 is 0.616. The van der Waals surface area contributed by atoms with Crippen LogP contribution in [0.1, 0.15) is 42.3 Å². The van der Waals surface area contributed by atoms with Gasteiger partial charge >= 0.3 is 6.18 Å². The molecule has 0 bridgehead atoms. The molecule has 1 atom stereocenters. The smallest absolute Gasteiger partial charge is 0.358 e. The maximum atomic E-state index is 13.5. The summed E-state index contributed by atoms with van der Waals surface area (Å²) in [4.78, 5) is 33.0. The third kappa shape index (κ3) is 4.61. The van der Waals surface area contributed by atoms with Crippen LogP contribution in [0.2, 0.25) is 0 Å². The summed E-state index contributed by atoms with van der Waals surface area (Å²) in [5, 5.41) is 3.66. The van der Waals surface area contributed by atoms with E-state index in [0.717, 1.165) is 18.7 Å². The molecule has 1 unspecified atom stereocenters. The van der Waals surface area contributed by atoms with E-state index in [4.69, 9.17) is 0 Å². The fourth-order valence-electron chi connectivity index (χ4n) is 4.05. The minimum absolute atomic E-state index is 0.0693. The van der Waals surface area contributed by atoms with Gasteiger partial charge in [-0.25, -0.2) is 24.6 Å². The first-order valence-corrected chi connectivity index (χ1v) is 11.8. The molecular weight excluding hydrogens is 469 g/mol. The molecule has 1 saturated carbocycles. The summed E-state index contributed by atoms with van der Waals surface area (Å²) in [5.41, 5.74) is 0.684. The van der Waals surface area contributed by atoms with E-state index < -0.39 is 11.2 Å².